The van der Waals surface area contributed by atoms with E-state index in [2.05, 4.69) is 10.1 Å². The van der Waals surface area contributed by atoms with Gasteiger partial charge in [0.2, 0.25) is 0 Å². The largest absolute Gasteiger partial charge is 0.331 e. The number of hydrogen-bond donors (Lipinski definition) is 0. The smallest absolute Gasteiger partial charge is 0.259 e. The van der Waals surface area contributed by atoms with Crippen LogP contribution in [0.25, 0.3) is 16.9 Å². The van der Waals surface area contributed by atoms with Crippen LogP contribution in [-0.2, 0) is 6.54 Å². The average Bonchev–Trinajstić information content (AvgIpc) is 3.51. The molecule has 0 N–H and O–H groups in total. The van der Waals surface area contributed by atoms with Crippen LogP contribution in [-0.4, -0.2) is 31.4 Å². The molecule has 2 heterocycles. The molecule has 7 heteroatoms. The van der Waals surface area contributed by atoms with Crippen molar-refractivity contribution in [3.8, 4) is 11.3 Å². The summed E-state index contributed by atoms with van der Waals surface area (Å²) >= 11 is 6.21. The fourth-order valence-corrected chi connectivity index (χ4v) is 3.85. The zero-order chi connectivity index (χ0) is 20.7. The van der Waals surface area contributed by atoms with E-state index in [1.165, 1.54) is 12.3 Å². The molecule has 5 rings (SSSR count). The Labute approximate surface area is 177 Å². The molecule has 4 aromatic rings. The van der Waals surface area contributed by atoms with Crippen LogP contribution >= 0.6 is 11.6 Å². The van der Waals surface area contributed by atoms with E-state index in [1.807, 2.05) is 36.4 Å². The number of benzene rings is 2. The number of rotatable bonds is 5. The molecule has 1 saturated carbocycles. The fraction of sp³-hybridized carbons (Fsp3) is 0.174. The second-order valence-corrected chi connectivity index (χ2v) is 7.76. The molecule has 150 valence electrons. The average molecular weight is 421 g/mol. The molecule has 0 bridgehead atoms. The summed E-state index contributed by atoms with van der Waals surface area (Å²) in [4.78, 5) is 19.5. The first kappa shape index (κ1) is 18.8. The molecular weight excluding hydrogens is 403 g/mol. The van der Waals surface area contributed by atoms with E-state index in [4.69, 9.17) is 11.6 Å². The van der Waals surface area contributed by atoms with Crippen molar-refractivity contribution >= 4 is 23.2 Å². The predicted octanol–water partition coefficient (Wildman–Crippen LogP) is 4.99. The number of fused-ring (bicyclic) bond motifs is 1. The third kappa shape index (κ3) is 3.33. The Morgan fingerprint density at radius 2 is 1.93 bits per heavy atom. The van der Waals surface area contributed by atoms with E-state index in [9.17, 15) is 9.18 Å². The minimum atomic E-state index is -0.412. The molecule has 0 unspecified atom stereocenters. The van der Waals surface area contributed by atoms with Crippen molar-refractivity contribution in [3.63, 3.8) is 0 Å². The van der Waals surface area contributed by atoms with E-state index in [0.29, 0.717) is 21.8 Å². The number of halogens is 2. The van der Waals surface area contributed by atoms with Crippen LogP contribution in [0.5, 0.6) is 0 Å². The maximum atomic E-state index is 14.3. The minimum Gasteiger partial charge on any atom is -0.331 e. The molecule has 1 aliphatic carbocycles. The van der Waals surface area contributed by atoms with Crippen LogP contribution in [0, 0.1) is 5.82 Å². The summed E-state index contributed by atoms with van der Waals surface area (Å²) in [6.45, 7) is 0.116. The molecule has 0 aliphatic heterocycles. The Bertz CT molecular complexity index is 1220. The van der Waals surface area contributed by atoms with Gasteiger partial charge in [-0.15, -0.1) is 0 Å². The van der Waals surface area contributed by atoms with Gasteiger partial charge < -0.3 is 4.90 Å². The summed E-state index contributed by atoms with van der Waals surface area (Å²) < 4.78 is 16.0. The van der Waals surface area contributed by atoms with E-state index >= 15 is 0 Å². The van der Waals surface area contributed by atoms with Crippen LogP contribution in [0.3, 0.4) is 0 Å². The van der Waals surface area contributed by atoms with Crippen LogP contribution in [0.2, 0.25) is 5.02 Å². The van der Waals surface area contributed by atoms with Gasteiger partial charge in [-0.25, -0.2) is 13.9 Å². The molecule has 1 amide bonds. The van der Waals surface area contributed by atoms with E-state index in [-0.39, 0.29) is 18.5 Å². The van der Waals surface area contributed by atoms with Gasteiger partial charge in [0, 0.05) is 28.4 Å². The van der Waals surface area contributed by atoms with Crippen molar-refractivity contribution in [1.82, 2.24) is 19.5 Å². The lowest BCUT2D eigenvalue weighted by molar-refractivity contribution is 0.0730. The highest BCUT2D eigenvalue weighted by Gasteiger charge is 2.35. The molecule has 0 saturated heterocycles. The molecule has 1 fully saturated rings. The zero-order valence-corrected chi connectivity index (χ0v) is 16.8. The maximum absolute atomic E-state index is 14.3. The molecule has 30 heavy (non-hydrogen) atoms. The van der Waals surface area contributed by atoms with Gasteiger partial charge in [-0.1, -0.05) is 48.0 Å². The van der Waals surface area contributed by atoms with Crippen molar-refractivity contribution in [2.75, 3.05) is 0 Å². The highest BCUT2D eigenvalue weighted by atomic mass is 35.5. The molecular formula is C23H18ClFN4O. The monoisotopic (exact) mass is 420 g/mol. The highest BCUT2D eigenvalue weighted by molar-refractivity contribution is 6.31. The van der Waals surface area contributed by atoms with Gasteiger partial charge in [0.25, 0.3) is 5.91 Å². The number of amides is 1. The Hall–Kier alpha value is -3.25. The van der Waals surface area contributed by atoms with Crippen LogP contribution in [0.4, 0.5) is 4.39 Å². The van der Waals surface area contributed by atoms with Gasteiger partial charge >= 0.3 is 0 Å². The number of aromatic nitrogens is 3. The second-order valence-electron chi connectivity index (χ2n) is 7.35. The zero-order valence-electron chi connectivity index (χ0n) is 16.0. The normalized spacial score (nSPS) is 13.5. The Morgan fingerprint density at radius 3 is 2.67 bits per heavy atom. The van der Waals surface area contributed by atoms with Gasteiger partial charge in [-0.05, 0) is 31.0 Å². The lowest BCUT2D eigenvalue weighted by atomic mass is 10.1. The topological polar surface area (TPSA) is 50.5 Å². The summed E-state index contributed by atoms with van der Waals surface area (Å²) in [6.07, 6.45) is 4.99. The van der Waals surface area contributed by atoms with Crippen LogP contribution in [0.1, 0.15) is 28.8 Å². The molecule has 2 aromatic heterocycles. The predicted molar refractivity (Wildman–Crippen MR) is 113 cm³/mol. The highest BCUT2D eigenvalue weighted by Crippen LogP contribution is 2.32. The Morgan fingerprint density at radius 1 is 1.13 bits per heavy atom. The Kier molecular flexibility index (Phi) is 4.71. The SMILES string of the molecule is O=C(c1cnn2c(-c3ccccc3)ccnc12)N(Cc1c(F)cccc1Cl)C1CC1. The number of carbonyl (C=O) groups is 1. The molecule has 2 aromatic carbocycles. The van der Waals surface area contributed by atoms with Gasteiger partial charge in [-0.3, -0.25) is 4.79 Å². The standard InChI is InChI=1S/C23H18ClFN4O/c24-19-7-4-8-20(25)18(19)14-28(16-9-10-16)23(30)17-13-27-29-21(11-12-26-22(17)29)15-5-2-1-3-6-15/h1-8,11-13,16H,9-10,14H2. The van der Waals surface area contributed by atoms with Crippen molar-refractivity contribution in [1.29, 1.82) is 0 Å². The molecule has 5 nitrogen and oxygen atoms in total. The summed E-state index contributed by atoms with van der Waals surface area (Å²) in [5.41, 5.74) is 3.02. The quantitative estimate of drug-likeness (QED) is 0.457. The molecule has 1 aliphatic rings. The van der Waals surface area contributed by atoms with Gasteiger partial charge in [-0.2, -0.15) is 5.10 Å². The first-order valence-corrected chi connectivity index (χ1v) is 10.1. The number of nitrogens with zero attached hydrogens (tertiary/aromatic N) is 4. The lowest BCUT2D eigenvalue weighted by Crippen LogP contribution is -2.33. The van der Waals surface area contributed by atoms with E-state index in [1.54, 1.807) is 27.7 Å². The minimum absolute atomic E-state index is 0.0698. The summed E-state index contributed by atoms with van der Waals surface area (Å²) in [5, 5.41) is 4.74. The van der Waals surface area contributed by atoms with Crippen molar-refractivity contribution in [2.24, 2.45) is 0 Å². The fourth-order valence-electron chi connectivity index (χ4n) is 3.63. The lowest BCUT2D eigenvalue weighted by Gasteiger charge is -2.23. The van der Waals surface area contributed by atoms with Crippen LogP contribution in [0.15, 0.2) is 67.0 Å². The van der Waals surface area contributed by atoms with E-state index in [0.717, 1.165) is 24.1 Å². The van der Waals surface area contributed by atoms with Crippen molar-refractivity contribution in [3.05, 3.63) is 89.0 Å². The van der Waals surface area contributed by atoms with Gasteiger partial charge in [0.15, 0.2) is 5.65 Å². The second kappa shape index (κ2) is 7.54. The number of carbonyl (C=O) groups excluding carboxylic acids is 1. The van der Waals surface area contributed by atoms with Gasteiger partial charge in [0.05, 0.1) is 18.4 Å². The Balaban J connectivity index is 1.54. The summed E-state index contributed by atoms with van der Waals surface area (Å²) in [7, 11) is 0. The molecule has 0 radical (unpaired) electrons. The maximum Gasteiger partial charge on any atom is 0.259 e. The first-order chi connectivity index (χ1) is 14.6. The summed E-state index contributed by atoms with van der Waals surface area (Å²) in [6, 6.07) is 16.3. The number of hydrogen-bond acceptors (Lipinski definition) is 3. The van der Waals surface area contributed by atoms with E-state index < -0.39 is 5.82 Å². The van der Waals surface area contributed by atoms with Gasteiger partial charge in [0.1, 0.15) is 11.4 Å². The molecule has 0 atom stereocenters. The van der Waals surface area contributed by atoms with Crippen molar-refractivity contribution in [2.45, 2.75) is 25.4 Å². The third-order valence-corrected chi connectivity index (χ3v) is 5.69. The third-order valence-electron chi connectivity index (χ3n) is 5.34. The van der Waals surface area contributed by atoms with Crippen LogP contribution < -0.4 is 0 Å². The first-order valence-electron chi connectivity index (χ1n) is 9.75. The van der Waals surface area contributed by atoms with Crippen molar-refractivity contribution < 1.29 is 9.18 Å². The molecule has 0 spiro atoms. The summed E-state index contributed by atoms with van der Waals surface area (Å²) in [5.74, 6) is -0.630.